The minimum absolute atomic E-state index is 0.586. The molecule has 3 heterocycles. The number of halogens is 1. The topological polar surface area (TPSA) is 73.8 Å². The van der Waals surface area contributed by atoms with Crippen molar-refractivity contribution in [2.75, 3.05) is 0 Å². The molecule has 0 aliphatic rings. The zero-order valence-corrected chi connectivity index (χ0v) is 17.4. The van der Waals surface area contributed by atoms with Crippen LogP contribution in [0.4, 0.5) is 0 Å². The number of aryl methyl sites for hydroxylation is 1. The van der Waals surface area contributed by atoms with Crippen LogP contribution in [0.2, 0.25) is 0 Å². The van der Waals surface area contributed by atoms with E-state index in [-0.39, 0.29) is 0 Å². The van der Waals surface area contributed by atoms with Crippen LogP contribution >= 0.6 is 27.3 Å². The number of nitrogens with zero attached hydrogens (tertiary/aromatic N) is 7. The Kier molecular flexibility index (Phi) is 4.06. The van der Waals surface area contributed by atoms with Crippen molar-refractivity contribution in [3.8, 4) is 27.8 Å². The van der Waals surface area contributed by atoms with Gasteiger partial charge in [0.05, 0.1) is 11.4 Å². The molecule has 0 atom stereocenters. The lowest BCUT2D eigenvalue weighted by Gasteiger charge is -2.03. The Morgan fingerprint density at radius 1 is 0.964 bits per heavy atom. The summed E-state index contributed by atoms with van der Waals surface area (Å²) >= 11 is 4.99. The molecule has 0 saturated heterocycles. The van der Waals surface area contributed by atoms with Crippen LogP contribution in [0.15, 0.2) is 53.0 Å². The van der Waals surface area contributed by atoms with Gasteiger partial charge < -0.3 is 0 Å². The summed E-state index contributed by atoms with van der Waals surface area (Å²) in [5, 5.41) is 22.8. The van der Waals surface area contributed by atoms with E-state index in [1.54, 1.807) is 9.20 Å². The van der Waals surface area contributed by atoms with Crippen LogP contribution in [0.25, 0.3) is 32.7 Å². The van der Waals surface area contributed by atoms with Crippen molar-refractivity contribution in [1.82, 2.24) is 34.8 Å². The smallest absolute Gasteiger partial charge is 0.217 e. The van der Waals surface area contributed by atoms with Crippen LogP contribution in [0.1, 0.15) is 11.3 Å². The maximum Gasteiger partial charge on any atom is 0.235 e. The SMILES string of the molecule is Cc1ccc(-n2nnc(-c3nnc4sc(-c5cccc(Br)c5)nn34)c2C)cc1. The van der Waals surface area contributed by atoms with Gasteiger partial charge in [0, 0.05) is 10.0 Å². The molecule has 0 radical (unpaired) electrons. The van der Waals surface area contributed by atoms with Gasteiger partial charge in [0.1, 0.15) is 5.01 Å². The second-order valence-electron chi connectivity index (χ2n) is 6.41. The number of hydrogen-bond donors (Lipinski definition) is 0. The van der Waals surface area contributed by atoms with Gasteiger partial charge in [0.25, 0.3) is 0 Å². The summed E-state index contributed by atoms with van der Waals surface area (Å²) in [4.78, 5) is 0.717. The van der Waals surface area contributed by atoms with Gasteiger partial charge in [0.2, 0.25) is 10.8 Å². The Hall–Kier alpha value is -2.91. The van der Waals surface area contributed by atoms with Crippen LogP contribution in [-0.4, -0.2) is 34.8 Å². The number of benzene rings is 2. The summed E-state index contributed by atoms with van der Waals surface area (Å²) in [5.41, 5.74) is 4.73. The summed E-state index contributed by atoms with van der Waals surface area (Å²) in [6.45, 7) is 4.03. The fourth-order valence-corrected chi connectivity index (χ4v) is 4.20. The zero-order chi connectivity index (χ0) is 19.3. The van der Waals surface area contributed by atoms with Crippen molar-refractivity contribution in [3.63, 3.8) is 0 Å². The molecule has 3 aromatic heterocycles. The Labute approximate surface area is 172 Å². The van der Waals surface area contributed by atoms with Crippen molar-refractivity contribution < 1.29 is 0 Å². The first kappa shape index (κ1) is 17.2. The van der Waals surface area contributed by atoms with Crippen molar-refractivity contribution >= 4 is 32.2 Å². The first-order valence-corrected chi connectivity index (χ1v) is 10.2. The van der Waals surface area contributed by atoms with Gasteiger partial charge in [-0.25, -0.2) is 4.68 Å². The molecule has 138 valence electrons. The minimum Gasteiger partial charge on any atom is -0.217 e. The standard InChI is InChI=1S/C19H14BrN7S/c1-11-6-8-15(9-7-11)26-12(2)16(21-25-26)17-22-23-19-27(17)24-18(28-19)13-4-3-5-14(20)10-13/h3-10H,1-2H3. The quantitative estimate of drug-likeness (QED) is 0.404. The summed E-state index contributed by atoms with van der Waals surface area (Å²) in [6.07, 6.45) is 0. The fourth-order valence-electron chi connectivity index (χ4n) is 2.97. The third kappa shape index (κ3) is 2.83. The first-order chi connectivity index (χ1) is 13.6. The molecule has 0 saturated carbocycles. The highest BCUT2D eigenvalue weighted by Gasteiger charge is 2.20. The maximum absolute atomic E-state index is 4.71. The minimum atomic E-state index is 0.586. The van der Waals surface area contributed by atoms with Gasteiger partial charge in [-0.1, -0.05) is 62.3 Å². The van der Waals surface area contributed by atoms with E-state index in [9.17, 15) is 0 Å². The predicted molar refractivity (Wildman–Crippen MR) is 112 cm³/mol. The van der Waals surface area contributed by atoms with Crippen LogP contribution < -0.4 is 0 Å². The Bertz CT molecular complexity index is 1300. The highest BCUT2D eigenvalue weighted by atomic mass is 79.9. The van der Waals surface area contributed by atoms with Gasteiger partial charge >= 0.3 is 0 Å². The van der Waals surface area contributed by atoms with Crippen LogP contribution in [-0.2, 0) is 0 Å². The molecule has 0 unspecified atom stereocenters. The van der Waals surface area contributed by atoms with Crippen molar-refractivity contribution in [1.29, 1.82) is 0 Å². The monoisotopic (exact) mass is 451 g/mol. The zero-order valence-electron chi connectivity index (χ0n) is 15.0. The number of rotatable bonds is 3. The lowest BCUT2D eigenvalue weighted by Crippen LogP contribution is -1.99. The number of fused-ring (bicyclic) bond motifs is 1. The van der Waals surface area contributed by atoms with Gasteiger partial charge in [-0.2, -0.15) is 9.61 Å². The Morgan fingerprint density at radius 2 is 1.79 bits per heavy atom. The molecule has 0 amide bonds. The van der Waals surface area contributed by atoms with E-state index >= 15 is 0 Å². The highest BCUT2D eigenvalue weighted by molar-refractivity contribution is 9.10. The molecule has 2 aromatic carbocycles. The third-order valence-corrected chi connectivity index (χ3v) is 5.89. The maximum atomic E-state index is 4.71. The lowest BCUT2D eigenvalue weighted by atomic mass is 10.2. The van der Waals surface area contributed by atoms with E-state index < -0.39 is 0 Å². The van der Waals surface area contributed by atoms with E-state index in [1.807, 2.05) is 43.3 Å². The third-order valence-electron chi connectivity index (χ3n) is 4.45. The normalized spacial score (nSPS) is 11.4. The molecule has 5 aromatic rings. The van der Waals surface area contributed by atoms with Crippen LogP contribution in [0, 0.1) is 13.8 Å². The Balaban J connectivity index is 1.59. The first-order valence-electron chi connectivity index (χ1n) is 8.58. The molecule has 0 bridgehead atoms. The predicted octanol–water partition coefficient (Wildman–Crippen LogP) is 4.48. The number of hydrogen-bond acceptors (Lipinski definition) is 6. The largest absolute Gasteiger partial charge is 0.235 e. The van der Waals surface area contributed by atoms with Crippen LogP contribution in [0.5, 0.6) is 0 Å². The Morgan fingerprint density at radius 3 is 2.57 bits per heavy atom. The molecule has 9 heteroatoms. The van der Waals surface area contributed by atoms with Gasteiger partial charge in [-0.3, -0.25) is 0 Å². The van der Waals surface area contributed by atoms with Crippen molar-refractivity contribution in [2.45, 2.75) is 13.8 Å². The molecule has 7 nitrogen and oxygen atoms in total. The second-order valence-corrected chi connectivity index (χ2v) is 8.28. The van der Waals surface area contributed by atoms with Gasteiger partial charge in [-0.15, -0.1) is 15.3 Å². The summed E-state index contributed by atoms with van der Waals surface area (Å²) < 4.78 is 4.54. The van der Waals surface area contributed by atoms with Crippen molar-refractivity contribution in [3.05, 3.63) is 64.3 Å². The molecule has 0 spiro atoms. The summed E-state index contributed by atoms with van der Waals surface area (Å²) in [6, 6.07) is 16.2. The average Bonchev–Trinajstić information content (AvgIpc) is 3.37. The molecule has 28 heavy (non-hydrogen) atoms. The molecule has 0 fully saturated rings. The van der Waals surface area contributed by atoms with Gasteiger partial charge in [0.15, 0.2) is 5.69 Å². The molecular weight excluding hydrogens is 438 g/mol. The van der Waals surface area contributed by atoms with E-state index in [2.05, 4.69) is 55.5 Å². The van der Waals surface area contributed by atoms with E-state index in [0.717, 1.165) is 26.4 Å². The molecular formula is C19H14BrN7S. The fraction of sp³-hybridized carbons (Fsp3) is 0.105. The molecule has 0 aliphatic heterocycles. The molecule has 0 aliphatic carbocycles. The average molecular weight is 452 g/mol. The van der Waals surface area contributed by atoms with Crippen molar-refractivity contribution in [2.24, 2.45) is 0 Å². The van der Waals surface area contributed by atoms with E-state index in [1.165, 1.54) is 16.9 Å². The lowest BCUT2D eigenvalue weighted by molar-refractivity contribution is 0.785. The van der Waals surface area contributed by atoms with Gasteiger partial charge in [-0.05, 0) is 38.1 Å². The van der Waals surface area contributed by atoms with Crippen LogP contribution in [0.3, 0.4) is 0 Å². The van der Waals surface area contributed by atoms with E-state index in [0.29, 0.717) is 16.5 Å². The highest BCUT2D eigenvalue weighted by Crippen LogP contribution is 2.30. The van der Waals surface area contributed by atoms with E-state index in [4.69, 9.17) is 5.10 Å². The number of aromatic nitrogens is 7. The second kappa shape index (κ2) is 6.61. The molecule has 0 N–H and O–H groups in total. The summed E-state index contributed by atoms with van der Waals surface area (Å²) in [5.74, 6) is 0.586. The summed E-state index contributed by atoms with van der Waals surface area (Å²) in [7, 11) is 0. The molecule has 5 rings (SSSR count).